The Morgan fingerprint density at radius 2 is 1.89 bits per heavy atom. The normalized spacial score (nSPS) is 11.4. The second kappa shape index (κ2) is 10.0. The molecule has 28 heavy (non-hydrogen) atoms. The molecule has 0 radical (unpaired) electrons. The van der Waals surface area contributed by atoms with Crippen LogP contribution in [0.25, 0.3) is 10.9 Å². The topological polar surface area (TPSA) is 51.4 Å². The molecule has 0 amide bonds. The number of nitrogens with one attached hydrogen (secondary N) is 2. The summed E-state index contributed by atoms with van der Waals surface area (Å²) >= 11 is 5.64. The minimum absolute atomic E-state index is 0.0400. The first-order valence-electron chi connectivity index (χ1n) is 9.98. The van der Waals surface area contributed by atoms with Gasteiger partial charge in [-0.15, -0.1) is 0 Å². The summed E-state index contributed by atoms with van der Waals surface area (Å²) in [5.74, 6) is 0.511. The summed E-state index contributed by atoms with van der Waals surface area (Å²) in [6, 6.07) is 6.19. The molecular formula is C22H34N4OS. The molecule has 0 bridgehead atoms. The number of nitrogens with zero attached hydrogens (tertiary/aromatic N) is 2. The van der Waals surface area contributed by atoms with Crippen molar-refractivity contribution in [1.82, 2.24) is 20.1 Å². The number of benzene rings is 1. The van der Waals surface area contributed by atoms with Gasteiger partial charge in [-0.25, -0.2) is 0 Å². The van der Waals surface area contributed by atoms with Crippen molar-refractivity contribution in [3.05, 3.63) is 45.2 Å². The van der Waals surface area contributed by atoms with Crippen LogP contribution in [-0.2, 0) is 6.54 Å². The number of aromatic amines is 1. The highest BCUT2D eigenvalue weighted by atomic mass is 32.1. The summed E-state index contributed by atoms with van der Waals surface area (Å²) in [5, 5.41) is 5.16. The van der Waals surface area contributed by atoms with E-state index in [9.17, 15) is 4.79 Å². The van der Waals surface area contributed by atoms with E-state index < -0.39 is 0 Å². The van der Waals surface area contributed by atoms with Crippen molar-refractivity contribution in [3.8, 4) is 0 Å². The highest BCUT2D eigenvalue weighted by molar-refractivity contribution is 7.80. The van der Waals surface area contributed by atoms with Gasteiger partial charge in [0, 0.05) is 29.6 Å². The van der Waals surface area contributed by atoms with Gasteiger partial charge in [-0.2, -0.15) is 0 Å². The van der Waals surface area contributed by atoms with Gasteiger partial charge in [0.05, 0.1) is 6.54 Å². The van der Waals surface area contributed by atoms with Gasteiger partial charge < -0.3 is 20.1 Å². The van der Waals surface area contributed by atoms with Gasteiger partial charge in [0.25, 0.3) is 5.56 Å². The molecule has 0 saturated carbocycles. The number of rotatable bonds is 8. The molecule has 1 heterocycles. The maximum absolute atomic E-state index is 12.7. The lowest BCUT2D eigenvalue weighted by Gasteiger charge is -2.27. The summed E-state index contributed by atoms with van der Waals surface area (Å²) in [5.41, 5.74) is 3.93. The van der Waals surface area contributed by atoms with Gasteiger partial charge in [-0.1, -0.05) is 19.9 Å². The SMILES string of the molecule is Cc1cc(C)c2cc(CN(CCCN(C)C)C(=S)NCC(C)C)c(=O)[nH]c2c1. The lowest BCUT2D eigenvalue weighted by Crippen LogP contribution is -2.42. The fourth-order valence-corrected chi connectivity index (χ4v) is 3.51. The molecule has 2 rings (SSSR count). The minimum atomic E-state index is -0.0400. The number of thiocarbonyl (C=S) groups is 1. The molecule has 0 spiro atoms. The molecule has 154 valence electrons. The van der Waals surface area contributed by atoms with Crippen molar-refractivity contribution in [2.45, 2.75) is 40.7 Å². The van der Waals surface area contributed by atoms with Gasteiger partial charge in [-0.3, -0.25) is 4.79 Å². The van der Waals surface area contributed by atoms with Gasteiger partial charge >= 0.3 is 0 Å². The molecule has 2 aromatic rings. The molecule has 1 aromatic carbocycles. The van der Waals surface area contributed by atoms with E-state index >= 15 is 0 Å². The predicted molar refractivity (Wildman–Crippen MR) is 123 cm³/mol. The van der Waals surface area contributed by atoms with Crippen LogP contribution in [-0.4, -0.2) is 53.6 Å². The summed E-state index contributed by atoms with van der Waals surface area (Å²) in [6.07, 6.45) is 0.986. The molecule has 0 atom stereocenters. The molecule has 1 aromatic heterocycles. The molecular weight excluding hydrogens is 368 g/mol. The molecule has 0 aliphatic carbocycles. The first-order chi connectivity index (χ1) is 13.2. The minimum Gasteiger partial charge on any atom is -0.362 e. The van der Waals surface area contributed by atoms with E-state index in [1.807, 2.05) is 19.1 Å². The first-order valence-corrected chi connectivity index (χ1v) is 10.4. The van der Waals surface area contributed by atoms with Crippen LogP contribution in [0.3, 0.4) is 0 Å². The van der Waals surface area contributed by atoms with Crippen molar-refractivity contribution in [3.63, 3.8) is 0 Å². The van der Waals surface area contributed by atoms with E-state index in [0.29, 0.717) is 17.6 Å². The van der Waals surface area contributed by atoms with Crippen LogP contribution in [0, 0.1) is 19.8 Å². The van der Waals surface area contributed by atoms with Crippen LogP contribution in [0.15, 0.2) is 23.0 Å². The van der Waals surface area contributed by atoms with E-state index in [4.69, 9.17) is 12.2 Å². The zero-order chi connectivity index (χ0) is 20.8. The lowest BCUT2D eigenvalue weighted by atomic mass is 10.0. The highest BCUT2D eigenvalue weighted by Crippen LogP contribution is 2.19. The number of aryl methyl sites for hydroxylation is 2. The Bertz CT molecular complexity index is 873. The van der Waals surface area contributed by atoms with Gasteiger partial charge in [-0.05, 0) is 82.3 Å². The molecule has 6 heteroatoms. The highest BCUT2D eigenvalue weighted by Gasteiger charge is 2.14. The number of pyridine rings is 1. The van der Waals surface area contributed by atoms with Crippen LogP contribution in [0.5, 0.6) is 0 Å². The monoisotopic (exact) mass is 402 g/mol. The number of fused-ring (bicyclic) bond motifs is 1. The molecule has 5 nitrogen and oxygen atoms in total. The molecule has 0 unspecified atom stereocenters. The Morgan fingerprint density at radius 3 is 2.54 bits per heavy atom. The maximum atomic E-state index is 12.7. The Hall–Kier alpha value is -1.92. The lowest BCUT2D eigenvalue weighted by molar-refractivity contribution is 0.339. The van der Waals surface area contributed by atoms with Crippen LogP contribution in [0.4, 0.5) is 0 Å². The predicted octanol–water partition coefficient (Wildman–Crippen LogP) is 3.43. The number of hydrogen-bond acceptors (Lipinski definition) is 3. The summed E-state index contributed by atoms with van der Waals surface area (Å²) in [6.45, 7) is 11.6. The quantitative estimate of drug-likeness (QED) is 0.663. The van der Waals surface area contributed by atoms with Crippen molar-refractivity contribution < 1.29 is 0 Å². The number of H-pyrrole nitrogens is 1. The largest absolute Gasteiger partial charge is 0.362 e. The Balaban J connectivity index is 2.27. The number of hydrogen-bond donors (Lipinski definition) is 2. The van der Waals surface area contributed by atoms with Crippen molar-refractivity contribution in [2.24, 2.45) is 5.92 Å². The third-order valence-electron chi connectivity index (χ3n) is 4.73. The van der Waals surface area contributed by atoms with Crippen molar-refractivity contribution in [2.75, 3.05) is 33.7 Å². The Labute approximate surface area is 174 Å². The fraction of sp³-hybridized carbons (Fsp3) is 0.545. The average molecular weight is 403 g/mol. The van der Waals surface area contributed by atoms with Crippen LogP contribution in [0.1, 0.15) is 37.0 Å². The van der Waals surface area contributed by atoms with Crippen LogP contribution in [0.2, 0.25) is 0 Å². The molecule has 0 aliphatic heterocycles. The Morgan fingerprint density at radius 1 is 1.18 bits per heavy atom. The summed E-state index contributed by atoms with van der Waals surface area (Å²) in [7, 11) is 4.14. The van der Waals surface area contributed by atoms with E-state index in [2.05, 4.69) is 61.0 Å². The standard InChI is InChI=1S/C22H34N4OS/c1-15(2)13-23-22(28)26(9-7-8-25(5)6)14-18-12-19-17(4)10-16(3)11-20(19)24-21(18)27/h10-12,15H,7-9,13-14H2,1-6H3,(H,23,28)(H,24,27). The van der Waals surface area contributed by atoms with E-state index in [-0.39, 0.29) is 5.56 Å². The van der Waals surface area contributed by atoms with Gasteiger partial charge in [0.2, 0.25) is 0 Å². The van der Waals surface area contributed by atoms with Crippen molar-refractivity contribution >= 4 is 28.2 Å². The van der Waals surface area contributed by atoms with Crippen molar-refractivity contribution in [1.29, 1.82) is 0 Å². The molecule has 0 aliphatic rings. The average Bonchev–Trinajstić information content (AvgIpc) is 2.59. The third kappa shape index (κ3) is 6.31. The number of aromatic nitrogens is 1. The smallest absolute Gasteiger partial charge is 0.253 e. The van der Waals surface area contributed by atoms with E-state index in [0.717, 1.165) is 48.1 Å². The van der Waals surface area contributed by atoms with Crippen LogP contribution >= 0.6 is 12.2 Å². The second-order valence-electron chi connectivity index (χ2n) is 8.33. The van der Waals surface area contributed by atoms with Crippen LogP contribution < -0.4 is 10.9 Å². The molecule has 0 fully saturated rings. The third-order valence-corrected chi connectivity index (χ3v) is 5.14. The summed E-state index contributed by atoms with van der Waals surface area (Å²) < 4.78 is 0. The fourth-order valence-electron chi connectivity index (χ4n) is 3.27. The van der Waals surface area contributed by atoms with E-state index in [1.54, 1.807) is 0 Å². The zero-order valence-corrected chi connectivity index (χ0v) is 18.9. The second-order valence-corrected chi connectivity index (χ2v) is 8.71. The zero-order valence-electron chi connectivity index (χ0n) is 18.1. The molecule has 2 N–H and O–H groups in total. The van der Waals surface area contributed by atoms with E-state index in [1.165, 1.54) is 5.56 Å². The Kier molecular flexibility index (Phi) is 8.01. The molecule has 0 saturated heterocycles. The van der Waals surface area contributed by atoms with Gasteiger partial charge in [0.1, 0.15) is 0 Å². The first kappa shape index (κ1) is 22.4. The summed E-state index contributed by atoms with van der Waals surface area (Å²) in [4.78, 5) is 20.0. The maximum Gasteiger partial charge on any atom is 0.253 e. The van der Waals surface area contributed by atoms with Gasteiger partial charge in [0.15, 0.2) is 5.11 Å².